The van der Waals surface area contributed by atoms with Gasteiger partial charge in [0.05, 0.1) is 12.4 Å². The first-order valence-electron chi connectivity index (χ1n) is 5.19. The van der Waals surface area contributed by atoms with Crippen LogP contribution in [0.5, 0.6) is 0 Å². The van der Waals surface area contributed by atoms with Gasteiger partial charge in [-0.3, -0.25) is 4.98 Å². The number of ether oxygens (including phenoxy) is 1. The van der Waals surface area contributed by atoms with Crippen LogP contribution in [0.2, 0.25) is 5.15 Å². The van der Waals surface area contributed by atoms with Crippen molar-refractivity contribution in [2.24, 2.45) is 0 Å². The first-order chi connectivity index (χ1) is 8.12. The van der Waals surface area contributed by atoms with Crippen LogP contribution in [0.25, 0.3) is 0 Å². The molecule has 1 aromatic rings. The maximum atomic E-state index is 11.4. The molecule has 2 heterocycles. The van der Waals surface area contributed by atoms with E-state index in [1.807, 2.05) is 0 Å². The van der Waals surface area contributed by atoms with Crippen molar-refractivity contribution in [2.75, 3.05) is 18.5 Å². The molecule has 0 saturated carbocycles. The summed E-state index contributed by atoms with van der Waals surface area (Å²) in [6.07, 6.45) is 3.61. The van der Waals surface area contributed by atoms with E-state index in [4.69, 9.17) is 16.3 Å². The lowest BCUT2D eigenvalue weighted by Gasteiger charge is -2.34. The highest BCUT2D eigenvalue weighted by atomic mass is 35.5. The Morgan fingerprint density at radius 1 is 1.47 bits per heavy atom. The average Bonchev–Trinajstić information content (AvgIpc) is 2.30. The number of rotatable bonds is 3. The fourth-order valence-electron chi connectivity index (χ4n) is 1.76. The molecule has 1 aromatic heterocycles. The number of carbonyl (C=O) groups is 1. The van der Waals surface area contributed by atoms with E-state index in [0.29, 0.717) is 31.9 Å². The molecule has 0 radical (unpaired) electrons. The molecule has 7 heteroatoms. The van der Waals surface area contributed by atoms with E-state index in [0.717, 1.165) is 0 Å². The van der Waals surface area contributed by atoms with Crippen LogP contribution in [0.3, 0.4) is 0 Å². The Labute approximate surface area is 103 Å². The number of carboxylic acids is 1. The zero-order valence-corrected chi connectivity index (χ0v) is 9.78. The van der Waals surface area contributed by atoms with Gasteiger partial charge in [-0.1, -0.05) is 11.6 Å². The van der Waals surface area contributed by atoms with E-state index in [-0.39, 0.29) is 5.15 Å². The van der Waals surface area contributed by atoms with Crippen LogP contribution >= 0.6 is 11.6 Å². The van der Waals surface area contributed by atoms with Gasteiger partial charge >= 0.3 is 5.97 Å². The normalized spacial score (nSPS) is 18.6. The number of anilines is 1. The van der Waals surface area contributed by atoms with Gasteiger partial charge < -0.3 is 15.2 Å². The van der Waals surface area contributed by atoms with Crippen molar-refractivity contribution in [3.05, 3.63) is 17.5 Å². The average molecular weight is 258 g/mol. The summed E-state index contributed by atoms with van der Waals surface area (Å²) in [7, 11) is 0. The largest absolute Gasteiger partial charge is 0.480 e. The Hall–Kier alpha value is -1.40. The Bertz CT molecular complexity index is 421. The van der Waals surface area contributed by atoms with Gasteiger partial charge in [0.1, 0.15) is 16.5 Å². The van der Waals surface area contributed by atoms with E-state index in [1.54, 1.807) is 0 Å². The number of carboxylic acid groups (broad SMARTS) is 1. The van der Waals surface area contributed by atoms with E-state index in [2.05, 4.69) is 15.3 Å². The van der Waals surface area contributed by atoms with Crippen LogP contribution in [0.15, 0.2) is 12.4 Å². The Kier molecular flexibility index (Phi) is 3.44. The number of halogens is 1. The third-order valence-corrected chi connectivity index (χ3v) is 2.91. The standard InChI is InChI=1S/C10H12ClN3O3/c11-7-5-12-6-8(13-7)14-10(9(15)16)1-3-17-4-2-10/h5-6H,1-4H2,(H,13,14)(H,15,16). The minimum atomic E-state index is -1.04. The maximum absolute atomic E-state index is 11.4. The summed E-state index contributed by atoms with van der Waals surface area (Å²) < 4.78 is 5.17. The van der Waals surface area contributed by atoms with Crippen LogP contribution in [-0.2, 0) is 9.53 Å². The second kappa shape index (κ2) is 4.85. The maximum Gasteiger partial charge on any atom is 0.329 e. The molecule has 0 spiro atoms. The van der Waals surface area contributed by atoms with E-state index in [9.17, 15) is 9.90 Å². The number of nitrogens with zero attached hydrogens (tertiary/aromatic N) is 2. The lowest BCUT2D eigenvalue weighted by atomic mass is 9.90. The van der Waals surface area contributed by atoms with Gasteiger partial charge in [0.15, 0.2) is 0 Å². The molecule has 1 aliphatic heterocycles. The van der Waals surface area contributed by atoms with Crippen LogP contribution < -0.4 is 5.32 Å². The molecule has 1 aliphatic rings. The fourth-order valence-corrected chi connectivity index (χ4v) is 1.91. The second-order valence-electron chi connectivity index (χ2n) is 3.85. The predicted octanol–water partition coefficient (Wildman–Crippen LogP) is 1.18. The fraction of sp³-hybridized carbons (Fsp3) is 0.500. The van der Waals surface area contributed by atoms with Gasteiger partial charge in [-0.25, -0.2) is 9.78 Å². The third kappa shape index (κ3) is 2.65. The summed E-state index contributed by atoms with van der Waals surface area (Å²) in [6.45, 7) is 0.820. The third-order valence-electron chi connectivity index (χ3n) is 2.73. The second-order valence-corrected chi connectivity index (χ2v) is 4.24. The van der Waals surface area contributed by atoms with Crippen molar-refractivity contribution in [3.63, 3.8) is 0 Å². The molecule has 0 aliphatic carbocycles. The van der Waals surface area contributed by atoms with Crippen LogP contribution in [0, 0.1) is 0 Å². The Morgan fingerprint density at radius 3 is 2.76 bits per heavy atom. The molecule has 1 saturated heterocycles. The molecule has 92 valence electrons. The van der Waals surface area contributed by atoms with Crippen molar-refractivity contribution >= 4 is 23.4 Å². The Morgan fingerprint density at radius 2 is 2.18 bits per heavy atom. The van der Waals surface area contributed by atoms with E-state index < -0.39 is 11.5 Å². The number of hydrogen-bond donors (Lipinski definition) is 2. The van der Waals surface area contributed by atoms with Gasteiger partial charge in [-0.2, -0.15) is 0 Å². The van der Waals surface area contributed by atoms with Crippen molar-refractivity contribution in [3.8, 4) is 0 Å². The molecule has 1 fully saturated rings. The number of aliphatic carboxylic acids is 1. The molecule has 0 bridgehead atoms. The summed E-state index contributed by atoms with van der Waals surface area (Å²) in [5, 5.41) is 12.4. The van der Waals surface area contributed by atoms with Gasteiger partial charge in [0.2, 0.25) is 0 Å². The highest BCUT2D eigenvalue weighted by Crippen LogP contribution is 2.25. The van der Waals surface area contributed by atoms with Gasteiger partial charge in [-0.05, 0) is 0 Å². The topological polar surface area (TPSA) is 84.3 Å². The summed E-state index contributed by atoms with van der Waals surface area (Å²) in [6, 6.07) is 0. The zero-order valence-electron chi connectivity index (χ0n) is 9.02. The zero-order chi connectivity index (χ0) is 12.3. The summed E-state index contributed by atoms with van der Waals surface area (Å²) in [4.78, 5) is 19.2. The molecule has 0 atom stereocenters. The number of nitrogens with one attached hydrogen (secondary N) is 1. The Balaban J connectivity index is 2.20. The van der Waals surface area contributed by atoms with Crippen molar-refractivity contribution in [1.29, 1.82) is 0 Å². The van der Waals surface area contributed by atoms with E-state index in [1.165, 1.54) is 12.4 Å². The summed E-state index contributed by atoms with van der Waals surface area (Å²) in [5.74, 6) is -0.552. The molecule has 0 aromatic carbocycles. The first kappa shape index (κ1) is 12.1. The molecule has 6 nitrogen and oxygen atoms in total. The van der Waals surface area contributed by atoms with Crippen molar-refractivity contribution in [2.45, 2.75) is 18.4 Å². The minimum Gasteiger partial charge on any atom is -0.480 e. The van der Waals surface area contributed by atoms with Gasteiger partial charge in [0, 0.05) is 26.1 Å². The molecule has 0 amide bonds. The van der Waals surface area contributed by atoms with E-state index >= 15 is 0 Å². The lowest BCUT2D eigenvalue weighted by molar-refractivity contribution is -0.145. The molecular formula is C10H12ClN3O3. The molecular weight excluding hydrogens is 246 g/mol. The number of aromatic nitrogens is 2. The van der Waals surface area contributed by atoms with Crippen molar-refractivity contribution in [1.82, 2.24) is 9.97 Å². The smallest absolute Gasteiger partial charge is 0.329 e. The highest BCUT2D eigenvalue weighted by molar-refractivity contribution is 6.29. The van der Waals surface area contributed by atoms with Crippen LogP contribution in [0.1, 0.15) is 12.8 Å². The van der Waals surface area contributed by atoms with Gasteiger partial charge in [-0.15, -0.1) is 0 Å². The predicted molar refractivity (Wildman–Crippen MR) is 61.1 cm³/mol. The lowest BCUT2D eigenvalue weighted by Crippen LogP contribution is -2.50. The summed E-state index contributed by atoms with van der Waals surface area (Å²) in [5.41, 5.74) is -1.04. The quantitative estimate of drug-likeness (QED) is 0.846. The summed E-state index contributed by atoms with van der Waals surface area (Å²) >= 11 is 5.70. The van der Waals surface area contributed by atoms with Crippen LogP contribution in [0.4, 0.5) is 5.82 Å². The van der Waals surface area contributed by atoms with Gasteiger partial charge in [0.25, 0.3) is 0 Å². The van der Waals surface area contributed by atoms with Crippen molar-refractivity contribution < 1.29 is 14.6 Å². The first-order valence-corrected chi connectivity index (χ1v) is 5.57. The highest BCUT2D eigenvalue weighted by Gasteiger charge is 2.40. The molecule has 0 unspecified atom stereocenters. The molecule has 2 rings (SSSR count). The number of hydrogen-bond acceptors (Lipinski definition) is 5. The monoisotopic (exact) mass is 257 g/mol. The van der Waals surface area contributed by atoms with Crippen LogP contribution in [-0.4, -0.2) is 39.8 Å². The molecule has 17 heavy (non-hydrogen) atoms. The minimum absolute atomic E-state index is 0.225. The molecule has 2 N–H and O–H groups in total. The SMILES string of the molecule is O=C(O)C1(Nc2cncc(Cl)n2)CCOCC1.